The lowest BCUT2D eigenvalue weighted by Crippen LogP contribution is -2.43. The number of rotatable bonds is 6. The van der Waals surface area contributed by atoms with Crippen molar-refractivity contribution >= 4 is 27.6 Å². The predicted molar refractivity (Wildman–Crippen MR) is 95.3 cm³/mol. The summed E-state index contributed by atoms with van der Waals surface area (Å²) in [6.45, 7) is 1.76. The largest absolute Gasteiger partial charge is 0.480 e. The molecule has 1 aliphatic heterocycles. The normalized spacial score (nSPS) is 22.0. The zero-order valence-corrected chi connectivity index (χ0v) is 16.0. The Balaban J connectivity index is 1.95. The van der Waals surface area contributed by atoms with E-state index in [2.05, 4.69) is 0 Å². The van der Waals surface area contributed by atoms with Crippen LogP contribution in [0.25, 0.3) is 0 Å². The van der Waals surface area contributed by atoms with Crippen molar-refractivity contribution in [1.82, 2.24) is 9.80 Å². The fraction of sp³-hybridized carbons (Fsp3) is 0.824. The Bertz CT molecular complexity index is 642. The summed E-state index contributed by atoms with van der Waals surface area (Å²) in [5.41, 5.74) is 0. The van der Waals surface area contributed by atoms with Gasteiger partial charge in [0.2, 0.25) is 11.8 Å². The number of carboxylic acids is 1. The lowest BCUT2D eigenvalue weighted by Gasteiger charge is -2.29. The second kappa shape index (κ2) is 8.83. The van der Waals surface area contributed by atoms with Crippen LogP contribution in [0.3, 0.4) is 0 Å². The van der Waals surface area contributed by atoms with Gasteiger partial charge in [-0.3, -0.25) is 14.4 Å². The van der Waals surface area contributed by atoms with Crippen molar-refractivity contribution in [3.05, 3.63) is 0 Å². The van der Waals surface area contributed by atoms with E-state index in [0.29, 0.717) is 45.2 Å². The van der Waals surface area contributed by atoms with Gasteiger partial charge in [0, 0.05) is 26.1 Å². The average Bonchev–Trinajstić information content (AvgIpc) is 2.98. The van der Waals surface area contributed by atoms with Crippen molar-refractivity contribution in [3.8, 4) is 0 Å². The number of hydrogen-bond donors (Lipinski definition) is 1. The van der Waals surface area contributed by atoms with Gasteiger partial charge in [-0.15, -0.1) is 0 Å². The lowest BCUT2D eigenvalue weighted by atomic mass is 10.1. The Labute approximate surface area is 154 Å². The summed E-state index contributed by atoms with van der Waals surface area (Å²) >= 11 is 0. The van der Waals surface area contributed by atoms with Crippen molar-refractivity contribution in [2.75, 3.05) is 25.4 Å². The van der Waals surface area contributed by atoms with E-state index in [0.717, 1.165) is 12.8 Å². The van der Waals surface area contributed by atoms with Gasteiger partial charge in [0.05, 0.1) is 5.25 Å². The first-order valence-corrected chi connectivity index (χ1v) is 10.9. The Morgan fingerprint density at radius 2 is 1.69 bits per heavy atom. The van der Waals surface area contributed by atoms with E-state index >= 15 is 0 Å². The maximum Gasteiger partial charge on any atom is 0.323 e. The summed E-state index contributed by atoms with van der Waals surface area (Å²) in [6.07, 6.45) is 4.75. The fourth-order valence-corrected chi connectivity index (χ4v) is 5.73. The first-order valence-electron chi connectivity index (χ1n) is 9.19. The van der Waals surface area contributed by atoms with Crippen molar-refractivity contribution in [2.45, 2.75) is 63.2 Å². The second-order valence-corrected chi connectivity index (χ2v) is 9.50. The summed E-state index contributed by atoms with van der Waals surface area (Å²) in [4.78, 5) is 38.1. The third kappa shape index (κ3) is 5.43. The number of sulfone groups is 1. The molecule has 1 atom stereocenters. The van der Waals surface area contributed by atoms with Crippen LogP contribution in [-0.4, -0.2) is 77.8 Å². The van der Waals surface area contributed by atoms with E-state index in [4.69, 9.17) is 5.11 Å². The van der Waals surface area contributed by atoms with Gasteiger partial charge in [0.1, 0.15) is 12.3 Å². The number of hydrogen-bond acceptors (Lipinski definition) is 5. The number of aliphatic carboxylic acids is 1. The molecule has 8 nitrogen and oxygen atoms in total. The molecule has 0 bridgehead atoms. The molecule has 2 fully saturated rings. The highest BCUT2D eigenvalue weighted by Gasteiger charge is 2.33. The molecule has 1 unspecified atom stereocenters. The zero-order valence-electron chi connectivity index (χ0n) is 15.2. The van der Waals surface area contributed by atoms with Gasteiger partial charge < -0.3 is 14.9 Å². The molecule has 0 radical (unpaired) electrons. The highest BCUT2D eigenvalue weighted by atomic mass is 32.2. The molecule has 0 aromatic carbocycles. The second-order valence-electron chi connectivity index (χ2n) is 7.22. The molecule has 1 aliphatic carbocycles. The molecular formula is C17H28N2O6S. The Kier molecular flexibility index (Phi) is 7.02. The van der Waals surface area contributed by atoms with Crippen LogP contribution in [0.2, 0.25) is 0 Å². The Morgan fingerprint density at radius 1 is 1.04 bits per heavy atom. The maximum absolute atomic E-state index is 12.5. The van der Waals surface area contributed by atoms with Crippen LogP contribution in [0.4, 0.5) is 0 Å². The minimum absolute atomic E-state index is 0.243. The number of carboxylic acid groups (broad SMARTS) is 1. The summed E-state index contributed by atoms with van der Waals surface area (Å²) in [5.74, 6) is -2.21. The summed E-state index contributed by atoms with van der Waals surface area (Å²) in [7, 11) is -3.41. The SMILES string of the molecule is CC(=O)N(CC(=O)O)C1CCCN(C(=O)CS(=O)(=O)C2CCCC2)CC1. The molecule has 0 aromatic heterocycles. The van der Waals surface area contributed by atoms with Crippen LogP contribution in [-0.2, 0) is 24.2 Å². The summed E-state index contributed by atoms with van der Waals surface area (Å²) < 4.78 is 24.8. The van der Waals surface area contributed by atoms with Crippen LogP contribution in [0.1, 0.15) is 51.9 Å². The minimum Gasteiger partial charge on any atom is -0.480 e. The van der Waals surface area contributed by atoms with Gasteiger partial charge >= 0.3 is 5.97 Å². The first-order chi connectivity index (χ1) is 12.2. The molecule has 1 saturated carbocycles. The molecule has 9 heteroatoms. The monoisotopic (exact) mass is 388 g/mol. The fourth-order valence-electron chi connectivity index (χ4n) is 3.91. The first kappa shape index (κ1) is 20.7. The average molecular weight is 388 g/mol. The highest BCUT2D eigenvalue weighted by molar-refractivity contribution is 7.92. The Morgan fingerprint density at radius 3 is 2.27 bits per heavy atom. The van der Waals surface area contributed by atoms with Crippen molar-refractivity contribution in [2.24, 2.45) is 0 Å². The summed E-state index contributed by atoms with van der Waals surface area (Å²) in [6, 6.07) is -0.243. The molecule has 2 rings (SSSR count). The van der Waals surface area contributed by atoms with Crippen LogP contribution < -0.4 is 0 Å². The van der Waals surface area contributed by atoms with Crippen LogP contribution >= 0.6 is 0 Å². The van der Waals surface area contributed by atoms with Crippen LogP contribution in [0, 0.1) is 0 Å². The highest BCUT2D eigenvalue weighted by Crippen LogP contribution is 2.26. The molecule has 0 aromatic rings. The maximum atomic E-state index is 12.5. The van der Waals surface area contributed by atoms with Gasteiger partial charge in [0.25, 0.3) is 0 Å². The van der Waals surface area contributed by atoms with Crippen LogP contribution in [0.5, 0.6) is 0 Å². The zero-order chi connectivity index (χ0) is 19.3. The number of amides is 2. The third-order valence-electron chi connectivity index (χ3n) is 5.34. The molecule has 2 aliphatic rings. The van der Waals surface area contributed by atoms with E-state index in [-0.39, 0.29) is 24.4 Å². The van der Waals surface area contributed by atoms with E-state index < -0.39 is 26.8 Å². The third-order valence-corrected chi connectivity index (χ3v) is 7.47. The molecule has 1 heterocycles. The lowest BCUT2D eigenvalue weighted by molar-refractivity contribution is -0.145. The van der Waals surface area contributed by atoms with E-state index in [1.807, 2.05) is 0 Å². The van der Waals surface area contributed by atoms with Crippen LogP contribution in [0.15, 0.2) is 0 Å². The Hall–Kier alpha value is -1.64. The van der Waals surface area contributed by atoms with Gasteiger partial charge in [-0.2, -0.15) is 0 Å². The molecule has 1 saturated heterocycles. The number of carbonyl (C=O) groups is 3. The number of likely N-dealkylation sites (tertiary alicyclic amines) is 1. The quantitative estimate of drug-likeness (QED) is 0.715. The van der Waals surface area contributed by atoms with Gasteiger partial charge in [0.15, 0.2) is 9.84 Å². The topological polar surface area (TPSA) is 112 Å². The minimum atomic E-state index is -3.41. The molecule has 148 valence electrons. The van der Waals surface area contributed by atoms with E-state index in [1.54, 1.807) is 4.90 Å². The smallest absolute Gasteiger partial charge is 0.323 e. The van der Waals surface area contributed by atoms with E-state index in [9.17, 15) is 22.8 Å². The van der Waals surface area contributed by atoms with Crippen molar-refractivity contribution < 1.29 is 27.9 Å². The molecule has 26 heavy (non-hydrogen) atoms. The number of carbonyl (C=O) groups excluding carboxylic acids is 2. The molecule has 1 N–H and O–H groups in total. The molecular weight excluding hydrogens is 360 g/mol. The molecule has 0 spiro atoms. The number of nitrogens with zero attached hydrogens (tertiary/aromatic N) is 2. The van der Waals surface area contributed by atoms with Crippen molar-refractivity contribution in [1.29, 1.82) is 0 Å². The van der Waals surface area contributed by atoms with E-state index in [1.165, 1.54) is 11.8 Å². The predicted octanol–water partition coefficient (Wildman–Crippen LogP) is 0.658. The van der Waals surface area contributed by atoms with Gasteiger partial charge in [-0.05, 0) is 32.1 Å². The standard InChI is InChI=1S/C17H28N2O6S/c1-13(20)19(11-17(22)23)14-5-4-9-18(10-8-14)16(21)12-26(24,25)15-6-2-3-7-15/h14-15H,2-12H2,1H3,(H,22,23). The van der Waals surface area contributed by atoms with Gasteiger partial charge in [-0.25, -0.2) is 8.42 Å². The van der Waals surface area contributed by atoms with Crippen molar-refractivity contribution in [3.63, 3.8) is 0 Å². The molecule has 2 amide bonds. The summed E-state index contributed by atoms with van der Waals surface area (Å²) in [5, 5.41) is 8.59. The van der Waals surface area contributed by atoms with Gasteiger partial charge in [-0.1, -0.05) is 12.8 Å².